The smallest absolute Gasteiger partial charge is 0.0150 e. The summed E-state index contributed by atoms with van der Waals surface area (Å²) in [6.45, 7) is 9.18. The van der Waals surface area contributed by atoms with Crippen LogP contribution in [0.3, 0.4) is 0 Å². The van der Waals surface area contributed by atoms with Gasteiger partial charge in [-0.3, -0.25) is 0 Å². The van der Waals surface area contributed by atoms with E-state index in [0.717, 1.165) is 0 Å². The molecule has 1 aromatic carbocycles. The third kappa shape index (κ3) is 7.67. The van der Waals surface area contributed by atoms with Crippen LogP contribution in [-0.2, 0) is 0 Å². The Balaban J connectivity index is 2.25. The van der Waals surface area contributed by atoms with Crippen LogP contribution in [0.15, 0.2) is 29.2 Å². The van der Waals surface area contributed by atoms with Crippen molar-refractivity contribution in [2.24, 2.45) is 0 Å². The molecular weight excluding hydrogens is 248 g/mol. The number of hydrogen-bond acceptors (Lipinski definition) is 1. The SMILES string of the molecule is CCCCCCCCC(C)(C)Sc1ccc(C)cc1. The topological polar surface area (TPSA) is 0 Å². The van der Waals surface area contributed by atoms with Gasteiger partial charge in [-0.2, -0.15) is 0 Å². The van der Waals surface area contributed by atoms with Crippen molar-refractivity contribution in [2.75, 3.05) is 0 Å². The Labute approximate surface area is 124 Å². The minimum atomic E-state index is 0.361. The van der Waals surface area contributed by atoms with E-state index in [4.69, 9.17) is 0 Å². The van der Waals surface area contributed by atoms with E-state index in [-0.39, 0.29) is 0 Å². The zero-order chi connectivity index (χ0) is 14.1. The molecule has 0 aliphatic carbocycles. The maximum Gasteiger partial charge on any atom is 0.0150 e. The van der Waals surface area contributed by atoms with E-state index in [1.54, 1.807) is 0 Å². The first-order chi connectivity index (χ1) is 9.03. The first-order valence-electron chi connectivity index (χ1n) is 7.79. The molecule has 19 heavy (non-hydrogen) atoms. The summed E-state index contributed by atoms with van der Waals surface area (Å²) in [5, 5.41) is 0. The highest BCUT2D eigenvalue weighted by Crippen LogP contribution is 2.36. The van der Waals surface area contributed by atoms with Gasteiger partial charge in [0.25, 0.3) is 0 Å². The molecule has 0 aliphatic rings. The van der Waals surface area contributed by atoms with Crippen molar-refractivity contribution in [1.29, 1.82) is 0 Å². The van der Waals surface area contributed by atoms with Crippen LogP contribution in [0.25, 0.3) is 0 Å². The molecule has 0 spiro atoms. The van der Waals surface area contributed by atoms with E-state index in [2.05, 4.69) is 52.0 Å². The van der Waals surface area contributed by atoms with Gasteiger partial charge in [-0.1, -0.05) is 77.0 Å². The standard InChI is InChI=1S/C18H30S/c1-5-6-7-8-9-10-15-18(3,4)19-17-13-11-16(2)12-14-17/h11-14H,5-10,15H2,1-4H3. The Morgan fingerprint density at radius 2 is 1.47 bits per heavy atom. The second-order valence-corrected chi connectivity index (χ2v) is 7.97. The fourth-order valence-electron chi connectivity index (χ4n) is 2.31. The average molecular weight is 279 g/mol. The van der Waals surface area contributed by atoms with Crippen molar-refractivity contribution >= 4 is 11.8 Å². The number of aryl methyl sites for hydroxylation is 1. The van der Waals surface area contributed by atoms with Crippen molar-refractivity contribution in [2.45, 2.75) is 82.3 Å². The molecule has 0 heterocycles. The Morgan fingerprint density at radius 3 is 2.11 bits per heavy atom. The predicted octanol–water partition coefficient (Wildman–Crippen LogP) is 6.62. The van der Waals surface area contributed by atoms with Crippen molar-refractivity contribution in [3.05, 3.63) is 29.8 Å². The lowest BCUT2D eigenvalue weighted by Gasteiger charge is -2.24. The Hall–Kier alpha value is -0.430. The van der Waals surface area contributed by atoms with Crippen LogP contribution in [0.1, 0.15) is 71.3 Å². The van der Waals surface area contributed by atoms with Crippen molar-refractivity contribution in [3.63, 3.8) is 0 Å². The average Bonchev–Trinajstić information content (AvgIpc) is 2.36. The molecule has 0 nitrogen and oxygen atoms in total. The molecule has 0 bridgehead atoms. The summed E-state index contributed by atoms with van der Waals surface area (Å²) in [4.78, 5) is 1.40. The molecule has 0 unspecified atom stereocenters. The van der Waals surface area contributed by atoms with Gasteiger partial charge in [0, 0.05) is 9.64 Å². The highest BCUT2D eigenvalue weighted by molar-refractivity contribution is 8.00. The van der Waals surface area contributed by atoms with Crippen molar-refractivity contribution < 1.29 is 0 Å². The molecule has 0 amide bonds. The monoisotopic (exact) mass is 278 g/mol. The van der Waals surface area contributed by atoms with Gasteiger partial charge in [-0.05, 0) is 25.5 Å². The van der Waals surface area contributed by atoms with Crippen LogP contribution in [0.2, 0.25) is 0 Å². The summed E-state index contributed by atoms with van der Waals surface area (Å²) in [6.07, 6.45) is 9.67. The van der Waals surface area contributed by atoms with Gasteiger partial charge in [-0.25, -0.2) is 0 Å². The summed E-state index contributed by atoms with van der Waals surface area (Å²) in [5.74, 6) is 0. The lowest BCUT2D eigenvalue weighted by molar-refractivity contribution is 0.542. The highest BCUT2D eigenvalue weighted by atomic mass is 32.2. The van der Waals surface area contributed by atoms with Crippen LogP contribution in [0.4, 0.5) is 0 Å². The van der Waals surface area contributed by atoms with Crippen LogP contribution >= 0.6 is 11.8 Å². The number of hydrogen-bond donors (Lipinski definition) is 0. The third-order valence-corrected chi connectivity index (χ3v) is 4.81. The molecule has 1 heteroatoms. The number of rotatable bonds is 9. The van der Waals surface area contributed by atoms with Crippen molar-refractivity contribution in [1.82, 2.24) is 0 Å². The molecular formula is C18H30S. The Kier molecular flexibility index (Phi) is 7.60. The number of unbranched alkanes of at least 4 members (excludes halogenated alkanes) is 5. The fraction of sp³-hybridized carbons (Fsp3) is 0.667. The second-order valence-electron chi connectivity index (χ2n) is 6.19. The van der Waals surface area contributed by atoms with Crippen molar-refractivity contribution in [3.8, 4) is 0 Å². The van der Waals surface area contributed by atoms with Gasteiger partial charge in [-0.15, -0.1) is 11.8 Å². The van der Waals surface area contributed by atoms with E-state index in [1.807, 2.05) is 11.8 Å². The fourth-order valence-corrected chi connectivity index (χ4v) is 3.46. The first-order valence-corrected chi connectivity index (χ1v) is 8.61. The molecule has 1 rings (SSSR count). The van der Waals surface area contributed by atoms with Gasteiger partial charge in [0.15, 0.2) is 0 Å². The van der Waals surface area contributed by atoms with E-state index in [9.17, 15) is 0 Å². The summed E-state index contributed by atoms with van der Waals surface area (Å²) >= 11 is 2.02. The van der Waals surface area contributed by atoms with E-state index >= 15 is 0 Å². The van der Waals surface area contributed by atoms with Crippen LogP contribution in [0, 0.1) is 6.92 Å². The highest BCUT2D eigenvalue weighted by Gasteiger charge is 2.18. The van der Waals surface area contributed by atoms with Gasteiger partial charge >= 0.3 is 0 Å². The molecule has 0 saturated carbocycles. The predicted molar refractivity (Wildman–Crippen MR) is 89.1 cm³/mol. The van der Waals surface area contributed by atoms with E-state index in [1.165, 1.54) is 55.4 Å². The molecule has 0 fully saturated rings. The second kappa shape index (κ2) is 8.68. The van der Waals surface area contributed by atoms with E-state index < -0.39 is 0 Å². The van der Waals surface area contributed by atoms with Crippen LogP contribution < -0.4 is 0 Å². The molecule has 0 saturated heterocycles. The summed E-state index contributed by atoms with van der Waals surface area (Å²) < 4.78 is 0.361. The molecule has 0 aliphatic heterocycles. The quantitative estimate of drug-likeness (QED) is 0.361. The Bertz CT molecular complexity index is 337. The molecule has 108 valence electrons. The molecule has 0 radical (unpaired) electrons. The lowest BCUT2D eigenvalue weighted by Crippen LogP contribution is -2.14. The third-order valence-electron chi connectivity index (χ3n) is 3.55. The maximum atomic E-state index is 2.38. The number of thioether (sulfide) groups is 1. The van der Waals surface area contributed by atoms with Gasteiger partial charge in [0.2, 0.25) is 0 Å². The summed E-state index contributed by atoms with van der Waals surface area (Å²) in [5.41, 5.74) is 1.35. The van der Waals surface area contributed by atoms with Gasteiger partial charge in [0.05, 0.1) is 0 Å². The van der Waals surface area contributed by atoms with Gasteiger partial charge in [0.1, 0.15) is 0 Å². The largest absolute Gasteiger partial charge is 0.120 e. The summed E-state index contributed by atoms with van der Waals surface area (Å²) in [7, 11) is 0. The summed E-state index contributed by atoms with van der Waals surface area (Å²) in [6, 6.07) is 8.93. The minimum Gasteiger partial charge on any atom is -0.120 e. The van der Waals surface area contributed by atoms with Crippen LogP contribution in [0.5, 0.6) is 0 Å². The normalized spacial score (nSPS) is 11.8. The molecule has 1 aromatic rings. The van der Waals surface area contributed by atoms with Crippen LogP contribution in [-0.4, -0.2) is 4.75 Å². The molecule has 0 N–H and O–H groups in total. The van der Waals surface area contributed by atoms with E-state index in [0.29, 0.717) is 4.75 Å². The maximum absolute atomic E-state index is 2.38. The van der Waals surface area contributed by atoms with Gasteiger partial charge < -0.3 is 0 Å². The number of benzene rings is 1. The Morgan fingerprint density at radius 1 is 0.895 bits per heavy atom. The lowest BCUT2D eigenvalue weighted by atomic mass is 10.0. The minimum absolute atomic E-state index is 0.361. The zero-order valence-corrected chi connectivity index (χ0v) is 14.0. The first kappa shape index (κ1) is 16.6. The zero-order valence-electron chi connectivity index (χ0n) is 13.2. The molecule has 0 aromatic heterocycles. The molecule has 0 atom stereocenters.